The van der Waals surface area contributed by atoms with Gasteiger partial charge in [-0.15, -0.1) is 0 Å². The normalized spacial score (nSPS) is 11.0. The van der Waals surface area contributed by atoms with E-state index < -0.39 is 0 Å². The minimum absolute atomic E-state index is 0.0634. The summed E-state index contributed by atoms with van der Waals surface area (Å²) >= 11 is 0. The largest absolute Gasteiger partial charge is 0.392 e. The molecule has 7 nitrogen and oxygen atoms in total. The number of hydrogen-bond acceptors (Lipinski definition) is 4. The van der Waals surface area contributed by atoms with Gasteiger partial charge in [-0.3, -0.25) is 9.59 Å². The standard InChI is InChI=1S/C18H20N4O3/c1-2-8-19-15(24)11-21-9-10-22-17(18(21)25)14(12-23)16(20-22)13-6-4-3-5-7-13/h3-7,9-10,23H,2,8,11-12H2,1H3,(H,19,24). The molecule has 7 heteroatoms. The van der Waals surface area contributed by atoms with Gasteiger partial charge in [0.25, 0.3) is 5.56 Å². The predicted molar refractivity (Wildman–Crippen MR) is 94.1 cm³/mol. The van der Waals surface area contributed by atoms with E-state index in [0.717, 1.165) is 12.0 Å². The zero-order valence-corrected chi connectivity index (χ0v) is 14.0. The summed E-state index contributed by atoms with van der Waals surface area (Å²) in [4.78, 5) is 24.7. The number of aliphatic hydroxyl groups is 1. The van der Waals surface area contributed by atoms with Gasteiger partial charge in [-0.1, -0.05) is 37.3 Å². The number of nitrogens with one attached hydrogen (secondary N) is 1. The lowest BCUT2D eigenvalue weighted by molar-refractivity contribution is -0.121. The van der Waals surface area contributed by atoms with Crippen molar-refractivity contribution in [3.8, 4) is 11.3 Å². The summed E-state index contributed by atoms with van der Waals surface area (Å²) in [6.45, 7) is 2.16. The SMILES string of the molecule is CCCNC(=O)Cn1ccn2nc(-c3ccccc3)c(CO)c2c1=O. The molecule has 1 amide bonds. The summed E-state index contributed by atoms with van der Waals surface area (Å²) in [7, 11) is 0. The van der Waals surface area contributed by atoms with E-state index >= 15 is 0 Å². The third kappa shape index (κ3) is 3.32. The predicted octanol–water partition coefficient (Wildman–Crippen LogP) is 1.18. The molecule has 25 heavy (non-hydrogen) atoms. The van der Waals surface area contributed by atoms with Gasteiger partial charge in [0, 0.05) is 30.1 Å². The van der Waals surface area contributed by atoms with Crippen LogP contribution in [0.5, 0.6) is 0 Å². The second kappa shape index (κ2) is 7.31. The van der Waals surface area contributed by atoms with Crippen LogP contribution in [0.4, 0.5) is 0 Å². The van der Waals surface area contributed by atoms with Crippen molar-refractivity contribution in [2.24, 2.45) is 0 Å². The molecular weight excluding hydrogens is 320 g/mol. The Balaban J connectivity index is 2.06. The molecule has 0 bridgehead atoms. The molecule has 0 aliphatic heterocycles. The number of amides is 1. The Hall–Kier alpha value is -2.93. The van der Waals surface area contributed by atoms with Crippen LogP contribution >= 0.6 is 0 Å². The molecule has 2 aromatic heterocycles. The topological polar surface area (TPSA) is 88.6 Å². The van der Waals surface area contributed by atoms with Gasteiger partial charge in [-0.2, -0.15) is 5.10 Å². The number of rotatable bonds is 6. The molecule has 0 unspecified atom stereocenters. The van der Waals surface area contributed by atoms with E-state index in [0.29, 0.717) is 17.8 Å². The number of hydrogen-bond donors (Lipinski definition) is 2. The fourth-order valence-electron chi connectivity index (χ4n) is 2.73. The molecule has 0 radical (unpaired) electrons. The second-order valence-corrected chi connectivity index (χ2v) is 5.73. The smallest absolute Gasteiger partial charge is 0.277 e. The number of carbonyl (C=O) groups is 1. The Labute approximate surface area is 144 Å². The Kier molecular flexibility index (Phi) is 4.95. The molecule has 2 heterocycles. The highest BCUT2D eigenvalue weighted by atomic mass is 16.3. The zero-order valence-electron chi connectivity index (χ0n) is 14.0. The average Bonchev–Trinajstić information content (AvgIpc) is 3.02. The van der Waals surface area contributed by atoms with Gasteiger partial charge < -0.3 is 15.0 Å². The van der Waals surface area contributed by atoms with E-state index in [1.165, 1.54) is 15.3 Å². The van der Waals surface area contributed by atoms with Crippen LogP contribution in [0.3, 0.4) is 0 Å². The van der Waals surface area contributed by atoms with Crippen molar-refractivity contribution in [3.05, 3.63) is 58.6 Å². The molecule has 0 spiro atoms. The van der Waals surface area contributed by atoms with Gasteiger partial charge in [0.1, 0.15) is 12.1 Å². The summed E-state index contributed by atoms with van der Waals surface area (Å²) in [5.74, 6) is -0.221. The van der Waals surface area contributed by atoms with Gasteiger partial charge in [0.2, 0.25) is 5.91 Å². The molecule has 1 aromatic carbocycles. The van der Waals surface area contributed by atoms with Crippen LogP contribution in [-0.4, -0.2) is 31.7 Å². The Morgan fingerprint density at radius 3 is 2.68 bits per heavy atom. The molecule has 2 N–H and O–H groups in total. The average molecular weight is 340 g/mol. The van der Waals surface area contributed by atoms with Crippen molar-refractivity contribution in [3.63, 3.8) is 0 Å². The quantitative estimate of drug-likeness (QED) is 0.705. The van der Waals surface area contributed by atoms with Crippen LogP contribution in [0.25, 0.3) is 16.8 Å². The van der Waals surface area contributed by atoms with E-state index in [9.17, 15) is 14.7 Å². The summed E-state index contributed by atoms with van der Waals surface area (Å²) < 4.78 is 2.78. The van der Waals surface area contributed by atoms with Crippen LogP contribution in [0, 0.1) is 0 Å². The first kappa shape index (κ1) is 16.9. The van der Waals surface area contributed by atoms with Crippen molar-refractivity contribution in [2.75, 3.05) is 6.54 Å². The van der Waals surface area contributed by atoms with E-state index in [1.54, 1.807) is 6.20 Å². The van der Waals surface area contributed by atoms with Crippen molar-refractivity contribution >= 4 is 11.4 Å². The van der Waals surface area contributed by atoms with Crippen molar-refractivity contribution in [2.45, 2.75) is 26.5 Å². The van der Waals surface area contributed by atoms with Crippen LogP contribution < -0.4 is 10.9 Å². The minimum Gasteiger partial charge on any atom is -0.392 e. The number of carbonyl (C=O) groups excluding carboxylic acids is 1. The molecule has 3 rings (SSSR count). The lowest BCUT2D eigenvalue weighted by atomic mass is 10.1. The number of benzene rings is 1. The van der Waals surface area contributed by atoms with Crippen LogP contribution in [0.1, 0.15) is 18.9 Å². The maximum atomic E-state index is 12.8. The van der Waals surface area contributed by atoms with Gasteiger partial charge in [0.15, 0.2) is 0 Å². The molecule has 0 atom stereocenters. The Morgan fingerprint density at radius 1 is 1.24 bits per heavy atom. The number of fused-ring (bicyclic) bond motifs is 1. The van der Waals surface area contributed by atoms with E-state index in [4.69, 9.17) is 0 Å². The highest BCUT2D eigenvalue weighted by Crippen LogP contribution is 2.24. The highest BCUT2D eigenvalue weighted by Gasteiger charge is 2.18. The minimum atomic E-state index is -0.354. The summed E-state index contributed by atoms with van der Waals surface area (Å²) in [6.07, 6.45) is 3.98. The Morgan fingerprint density at radius 2 is 2.00 bits per heavy atom. The fraction of sp³-hybridized carbons (Fsp3) is 0.278. The monoisotopic (exact) mass is 340 g/mol. The first-order valence-electron chi connectivity index (χ1n) is 8.19. The maximum Gasteiger partial charge on any atom is 0.277 e. The van der Waals surface area contributed by atoms with E-state index in [-0.39, 0.29) is 30.1 Å². The summed E-state index contributed by atoms with van der Waals surface area (Å²) in [5, 5.41) is 17.0. The molecular formula is C18H20N4O3. The van der Waals surface area contributed by atoms with Crippen molar-refractivity contribution < 1.29 is 9.90 Å². The zero-order chi connectivity index (χ0) is 17.8. The van der Waals surface area contributed by atoms with Gasteiger partial charge >= 0.3 is 0 Å². The molecule has 3 aromatic rings. The van der Waals surface area contributed by atoms with Crippen molar-refractivity contribution in [1.82, 2.24) is 19.5 Å². The first-order chi connectivity index (χ1) is 12.2. The molecule has 0 saturated heterocycles. The highest BCUT2D eigenvalue weighted by molar-refractivity contribution is 5.76. The van der Waals surface area contributed by atoms with Crippen LogP contribution in [0.2, 0.25) is 0 Å². The third-order valence-corrected chi connectivity index (χ3v) is 3.95. The Bertz CT molecular complexity index is 944. The third-order valence-electron chi connectivity index (χ3n) is 3.95. The van der Waals surface area contributed by atoms with Gasteiger partial charge in [-0.05, 0) is 6.42 Å². The van der Waals surface area contributed by atoms with Crippen LogP contribution in [-0.2, 0) is 17.9 Å². The van der Waals surface area contributed by atoms with E-state index in [1.807, 2.05) is 37.3 Å². The van der Waals surface area contributed by atoms with Crippen LogP contribution in [0.15, 0.2) is 47.5 Å². The first-order valence-corrected chi connectivity index (χ1v) is 8.19. The fourth-order valence-corrected chi connectivity index (χ4v) is 2.73. The molecule has 130 valence electrons. The number of nitrogens with zero attached hydrogens (tertiary/aromatic N) is 3. The number of aliphatic hydroxyl groups excluding tert-OH is 1. The summed E-state index contributed by atoms with van der Waals surface area (Å²) in [6, 6.07) is 9.38. The molecule has 0 aliphatic carbocycles. The molecule has 0 fully saturated rings. The lowest BCUT2D eigenvalue weighted by Gasteiger charge is -2.07. The summed E-state index contributed by atoms with van der Waals surface area (Å²) in [5.41, 5.74) is 1.77. The van der Waals surface area contributed by atoms with Crippen molar-refractivity contribution in [1.29, 1.82) is 0 Å². The van der Waals surface area contributed by atoms with E-state index in [2.05, 4.69) is 10.4 Å². The number of aromatic nitrogens is 3. The lowest BCUT2D eigenvalue weighted by Crippen LogP contribution is -2.33. The van der Waals surface area contributed by atoms with Gasteiger partial charge in [0.05, 0.1) is 12.3 Å². The second-order valence-electron chi connectivity index (χ2n) is 5.73. The van der Waals surface area contributed by atoms with Gasteiger partial charge in [-0.25, -0.2) is 4.52 Å². The molecule has 0 saturated carbocycles. The maximum absolute atomic E-state index is 12.8. The molecule has 0 aliphatic rings.